The lowest BCUT2D eigenvalue weighted by Crippen LogP contribution is -2.40. The summed E-state index contributed by atoms with van der Waals surface area (Å²) in [7, 11) is 1.42. The number of thiazole rings is 1. The van der Waals surface area contributed by atoms with Crippen molar-refractivity contribution in [3.05, 3.63) is 58.1 Å². The van der Waals surface area contributed by atoms with Crippen LogP contribution in [-0.4, -0.2) is 106 Å². The number of carbonyl (C=O) groups is 2. The monoisotopic (exact) mass is 597 g/mol. The zero-order valence-electron chi connectivity index (χ0n) is 23.0. The fourth-order valence-corrected chi connectivity index (χ4v) is 7.96. The lowest BCUT2D eigenvalue weighted by Gasteiger charge is -2.27. The number of rotatable bonds is 7. The molecule has 0 spiro atoms. The number of fused-ring (bicyclic) bond motifs is 2. The van der Waals surface area contributed by atoms with Crippen molar-refractivity contribution in [3.63, 3.8) is 0 Å². The van der Waals surface area contributed by atoms with Gasteiger partial charge in [0.2, 0.25) is 15.9 Å². The standard InChI is InChI=1S/C28H31N5O6S2/c1-29-12-21(20-5-4-6-24-25(20)30-26(40-24)28(35)31(2)3)27(34)32-13-17-15-33(16-18(17)14-32)41(36,37)19-7-8-22-23(11-19)39-10-9-38-22/h4-8,11,21,29H,9-10,12-16H2,1-3H3. The van der Waals surface area contributed by atoms with Crippen molar-refractivity contribution in [2.24, 2.45) is 0 Å². The van der Waals surface area contributed by atoms with Crippen LogP contribution in [0.25, 0.3) is 10.2 Å². The van der Waals surface area contributed by atoms with Crippen LogP contribution in [0, 0.1) is 0 Å². The third kappa shape index (κ3) is 4.96. The van der Waals surface area contributed by atoms with Gasteiger partial charge >= 0.3 is 0 Å². The van der Waals surface area contributed by atoms with E-state index in [2.05, 4.69) is 10.3 Å². The van der Waals surface area contributed by atoms with Gasteiger partial charge in [-0.3, -0.25) is 9.59 Å². The normalized spacial score (nSPS) is 17.7. The number of nitrogens with zero attached hydrogens (tertiary/aromatic N) is 4. The number of amides is 2. The van der Waals surface area contributed by atoms with Crippen molar-refractivity contribution in [1.29, 1.82) is 0 Å². The van der Waals surface area contributed by atoms with E-state index >= 15 is 0 Å². The van der Waals surface area contributed by atoms with Crippen LogP contribution in [0.2, 0.25) is 0 Å². The third-order valence-electron chi connectivity index (χ3n) is 7.58. The molecular weight excluding hydrogens is 566 g/mol. The SMILES string of the molecule is CNCC(C(=O)N1CC2=C(C1)CN(S(=O)(=O)c1ccc3c(c1)OCCO3)C2)c1cccc2sc(C(=O)N(C)C)nc12. The highest BCUT2D eigenvalue weighted by Gasteiger charge is 2.40. The highest BCUT2D eigenvalue weighted by Crippen LogP contribution is 2.37. The molecule has 3 aromatic rings. The summed E-state index contributed by atoms with van der Waals surface area (Å²) in [5, 5.41) is 3.52. The highest BCUT2D eigenvalue weighted by atomic mass is 32.2. The van der Waals surface area contributed by atoms with Crippen molar-refractivity contribution in [3.8, 4) is 11.5 Å². The van der Waals surface area contributed by atoms with E-state index in [1.165, 1.54) is 26.6 Å². The molecule has 13 heteroatoms. The maximum Gasteiger partial charge on any atom is 0.282 e. The van der Waals surface area contributed by atoms with E-state index in [4.69, 9.17) is 9.47 Å². The second kappa shape index (κ2) is 10.7. The zero-order valence-corrected chi connectivity index (χ0v) is 24.7. The fraction of sp³-hybridized carbons (Fsp3) is 0.393. The molecule has 1 aromatic heterocycles. The summed E-state index contributed by atoms with van der Waals surface area (Å²) in [5.74, 6) is 0.223. The molecule has 216 valence electrons. The minimum absolute atomic E-state index is 0.0593. The summed E-state index contributed by atoms with van der Waals surface area (Å²) in [5.41, 5.74) is 3.33. The van der Waals surface area contributed by atoms with Crippen molar-refractivity contribution >= 4 is 43.4 Å². The first-order valence-corrected chi connectivity index (χ1v) is 15.6. The quantitative estimate of drug-likeness (QED) is 0.410. The second-order valence-corrected chi connectivity index (χ2v) is 13.5. The van der Waals surface area contributed by atoms with Crippen LogP contribution in [-0.2, 0) is 14.8 Å². The number of hydrogen-bond acceptors (Lipinski definition) is 9. The van der Waals surface area contributed by atoms with Crippen LogP contribution in [0.15, 0.2) is 52.4 Å². The number of benzene rings is 2. The van der Waals surface area contributed by atoms with Crippen LogP contribution in [0.1, 0.15) is 21.3 Å². The van der Waals surface area contributed by atoms with Gasteiger partial charge in [-0.25, -0.2) is 13.4 Å². The number of ether oxygens (including phenoxy) is 2. The van der Waals surface area contributed by atoms with E-state index in [9.17, 15) is 18.0 Å². The van der Waals surface area contributed by atoms with Gasteiger partial charge in [0.1, 0.15) is 13.2 Å². The summed E-state index contributed by atoms with van der Waals surface area (Å²) >= 11 is 1.32. The molecule has 0 saturated carbocycles. The van der Waals surface area contributed by atoms with Crippen molar-refractivity contribution < 1.29 is 27.5 Å². The molecule has 41 heavy (non-hydrogen) atoms. The Bertz CT molecular complexity index is 1660. The van der Waals surface area contributed by atoms with Crippen LogP contribution in [0.4, 0.5) is 0 Å². The second-order valence-electron chi connectivity index (χ2n) is 10.5. The molecular formula is C28H31N5O6S2. The van der Waals surface area contributed by atoms with Gasteiger partial charge < -0.3 is 24.6 Å². The maximum atomic E-state index is 13.9. The molecule has 3 aliphatic heterocycles. The Kier molecular flexibility index (Phi) is 7.22. The zero-order chi connectivity index (χ0) is 28.9. The molecule has 1 unspecified atom stereocenters. The van der Waals surface area contributed by atoms with Crippen LogP contribution in [0.5, 0.6) is 11.5 Å². The predicted molar refractivity (Wildman–Crippen MR) is 154 cm³/mol. The molecule has 0 fully saturated rings. The van der Waals surface area contributed by atoms with E-state index < -0.39 is 15.9 Å². The Morgan fingerprint density at radius 3 is 2.44 bits per heavy atom. The average molecular weight is 598 g/mol. The largest absolute Gasteiger partial charge is 0.486 e. The van der Waals surface area contributed by atoms with Gasteiger partial charge in [-0.15, -0.1) is 11.3 Å². The predicted octanol–water partition coefficient (Wildman–Crippen LogP) is 1.92. The lowest BCUT2D eigenvalue weighted by atomic mass is 9.96. The Hall–Kier alpha value is -3.52. The van der Waals surface area contributed by atoms with Crippen molar-refractivity contribution in [1.82, 2.24) is 24.4 Å². The molecule has 1 atom stereocenters. The Morgan fingerprint density at radius 2 is 1.76 bits per heavy atom. The molecule has 6 rings (SSSR count). The van der Waals surface area contributed by atoms with Crippen LogP contribution >= 0.6 is 11.3 Å². The molecule has 1 N–H and O–H groups in total. The molecule has 0 aliphatic carbocycles. The first kappa shape index (κ1) is 27.6. The molecule has 2 aromatic carbocycles. The summed E-state index contributed by atoms with van der Waals surface area (Å²) in [6.07, 6.45) is 0. The van der Waals surface area contributed by atoms with Crippen LogP contribution in [0.3, 0.4) is 0 Å². The summed E-state index contributed by atoms with van der Waals surface area (Å²) < 4.78 is 40.3. The number of sulfonamides is 1. The topological polar surface area (TPSA) is 121 Å². The Balaban J connectivity index is 1.18. The van der Waals surface area contributed by atoms with E-state index in [-0.39, 0.29) is 29.8 Å². The number of nitrogens with one attached hydrogen (secondary N) is 1. The molecule has 0 radical (unpaired) electrons. The van der Waals surface area contributed by atoms with E-state index in [1.807, 2.05) is 18.2 Å². The van der Waals surface area contributed by atoms with Gasteiger partial charge in [-0.1, -0.05) is 12.1 Å². The van der Waals surface area contributed by atoms with Gasteiger partial charge in [0, 0.05) is 52.9 Å². The molecule has 2 amide bonds. The van der Waals surface area contributed by atoms with E-state index in [1.54, 1.807) is 38.2 Å². The molecule has 3 aliphatic rings. The minimum Gasteiger partial charge on any atom is -0.486 e. The van der Waals surface area contributed by atoms with Gasteiger partial charge in [0.15, 0.2) is 16.5 Å². The first-order valence-electron chi connectivity index (χ1n) is 13.3. The lowest BCUT2D eigenvalue weighted by molar-refractivity contribution is -0.131. The number of aromatic nitrogens is 1. The van der Waals surface area contributed by atoms with Gasteiger partial charge in [0.25, 0.3) is 5.91 Å². The van der Waals surface area contributed by atoms with Crippen LogP contribution < -0.4 is 14.8 Å². The third-order valence-corrected chi connectivity index (χ3v) is 10.4. The van der Waals surface area contributed by atoms with E-state index in [0.29, 0.717) is 54.9 Å². The summed E-state index contributed by atoms with van der Waals surface area (Å²) in [6.45, 7) is 2.44. The van der Waals surface area contributed by atoms with Crippen molar-refractivity contribution in [2.45, 2.75) is 10.8 Å². The number of carbonyl (C=O) groups excluding carboxylic acids is 2. The van der Waals surface area contributed by atoms with Gasteiger partial charge in [0.05, 0.1) is 21.0 Å². The Labute approximate surface area is 242 Å². The number of likely N-dealkylation sites (N-methyl/N-ethyl adjacent to an activating group) is 1. The minimum atomic E-state index is -3.75. The van der Waals surface area contributed by atoms with Crippen molar-refractivity contribution in [2.75, 3.05) is 67.1 Å². The fourth-order valence-electron chi connectivity index (χ4n) is 5.49. The molecule has 4 heterocycles. The maximum absolute atomic E-state index is 13.9. The average Bonchev–Trinajstić information content (AvgIpc) is 3.68. The highest BCUT2D eigenvalue weighted by molar-refractivity contribution is 7.89. The summed E-state index contributed by atoms with van der Waals surface area (Å²) in [6, 6.07) is 10.4. The first-order chi connectivity index (χ1) is 19.7. The number of hydrogen-bond donors (Lipinski definition) is 1. The van der Waals surface area contributed by atoms with E-state index in [0.717, 1.165) is 21.4 Å². The Morgan fingerprint density at radius 1 is 1.05 bits per heavy atom. The molecule has 0 saturated heterocycles. The van der Waals surface area contributed by atoms with Gasteiger partial charge in [-0.2, -0.15) is 4.31 Å². The summed E-state index contributed by atoms with van der Waals surface area (Å²) in [4.78, 5) is 34.5. The smallest absolute Gasteiger partial charge is 0.282 e. The van der Waals surface area contributed by atoms with Gasteiger partial charge in [-0.05, 0) is 42.0 Å². The number of para-hydroxylation sites is 1. The molecule has 0 bridgehead atoms. The molecule has 11 nitrogen and oxygen atoms in total.